The maximum atomic E-state index is 9.05. The number of benzene rings is 1. The molecular formula is C17H21N3. The van der Waals surface area contributed by atoms with Crippen LogP contribution in [0.15, 0.2) is 18.2 Å². The highest BCUT2D eigenvalue weighted by Crippen LogP contribution is 2.26. The fourth-order valence-corrected chi connectivity index (χ4v) is 2.49. The van der Waals surface area contributed by atoms with Gasteiger partial charge in [0.1, 0.15) is 5.82 Å². The van der Waals surface area contributed by atoms with Gasteiger partial charge in [0, 0.05) is 24.0 Å². The third-order valence-corrected chi connectivity index (χ3v) is 3.82. The molecule has 0 unspecified atom stereocenters. The van der Waals surface area contributed by atoms with Gasteiger partial charge in [-0.05, 0) is 57.0 Å². The van der Waals surface area contributed by atoms with Crippen molar-refractivity contribution in [2.45, 2.75) is 34.1 Å². The molecule has 3 nitrogen and oxygen atoms in total. The smallest absolute Gasteiger partial charge is 0.133 e. The number of anilines is 1. The van der Waals surface area contributed by atoms with Gasteiger partial charge >= 0.3 is 0 Å². The lowest BCUT2D eigenvalue weighted by atomic mass is 10.0. The van der Waals surface area contributed by atoms with Crippen LogP contribution in [-0.2, 0) is 6.42 Å². The summed E-state index contributed by atoms with van der Waals surface area (Å²) in [7, 11) is 0. The van der Waals surface area contributed by atoms with E-state index in [1.807, 2.05) is 0 Å². The van der Waals surface area contributed by atoms with Crippen LogP contribution in [0.25, 0.3) is 10.9 Å². The molecule has 0 saturated heterocycles. The van der Waals surface area contributed by atoms with Crippen LogP contribution in [0.3, 0.4) is 0 Å². The first-order valence-electron chi connectivity index (χ1n) is 7.13. The highest BCUT2D eigenvalue weighted by molar-refractivity contribution is 5.83. The van der Waals surface area contributed by atoms with Crippen molar-refractivity contribution in [2.75, 3.05) is 18.0 Å². The predicted molar refractivity (Wildman–Crippen MR) is 84.1 cm³/mol. The molecule has 104 valence electrons. The van der Waals surface area contributed by atoms with Crippen molar-refractivity contribution in [3.05, 3.63) is 34.9 Å². The summed E-state index contributed by atoms with van der Waals surface area (Å²) in [6.45, 7) is 10.3. The van der Waals surface area contributed by atoms with Crippen LogP contribution in [0.4, 0.5) is 5.82 Å². The van der Waals surface area contributed by atoms with Crippen molar-refractivity contribution in [3.63, 3.8) is 0 Å². The Balaban J connectivity index is 2.68. The number of pyridine rings is 1. The van der Waals surface area contributed by atoms with Crippen LogP contribution < -0.4 is 4.90 Å². The van der Waals surface area contributed by atoms with Crippen molar-refractivity contribution in [3.8, 4) is 6.07 Å². The Morgan fingerprint density at radius 2 is 1.75 bits per heavy atom. The van der Waals surface area contributed by atoms with Gasteiger partial charge in [-0.25, -0.2) is 4.98 Å². The first kappa shape index (κ1) is 14.3. The van der Waals surface area contributed by atoms with Crippen LogP contribution in [0, 0.1) is 25.2 Å². The molecule has 0 amide bonds. The largest absolute Gasteiger partial charge is 0.357 e. The first-order chi connectivity index (χ1) is 9.60. The van der Waals surface area contributed by atoms with Gasteiger partial charge in [0.25, 0.3) is 0 Å². The summed E-state index contributed by atoms with van der Waals surface area (Å²) in [5.41, 5.74) is 4.55. The number of hydrogen-bond donors (Lipinski definition) is 0. The molecule has 0 saturated carbocycles. The topological polar surface area (TPSA) is 39.9 Å². The van der Waals surface area contributed by atoms with E-state index in [-0.39, 0.29) is 0 Å². The summed E-state index contributed by atoms with van der Waals surface area (Å²) in [5.74, 6) is 0.951. The number of aromatic nitrogens is 1. The molecule has 3 heteroatoms. The highest BCUT2D eigenvalue weighted by Gasteiger charge is 2.12. The molecule has 0 aliphatic heterocycles. The zero-order valence-electron chi connectivity index (χ0n) is 12.7. The van der Waals surface area contributed by atoms with Crippen LogP contribution in [0.1, 0.15) is 30.5 Å². The Hall–Kier alpha value is -2.08. The molecule has 1 aromatic carbocycles. The Kier molecular flexibility index (Phi) is 4.24. The minimum Gasteiger partial charge on any atom is -0.357 e. The second-order valence-electron chi connectivity index (χ2n) is 5.11. The van der Waals surface area contributed by atoms with E-state index in [2.05, 4.69) is 56.9 Å². The summed E-state index contributed by atoms with van der Waals surface area (Å²) >= 11 is 0. The number of nitriles is 1. The van der Waals surface area contributed by atoms with Gasteiger partial charge in [-0.2, -0.15) is 5.26 Å². The quantitative estimate of drug-likeness (QED) is 0.846. The van der Waals surface area contributed by atoms with Gasteiger partial charge in [-0.1, -0.05) is 0 Å². The van der Waals surface area contributed by atoms with Crippen LogP contribution in [0.5, 0.6) is 0 Å². The van der Waals surface area contributed by atoms with E-state index in [1.165, 1.54) is 11.1 Å². The maximum absolute atomic E-state index is 9.05. The Morgan fingerprint density at radius 3 is 2.35 bits per heavy atom. The van der Waals surface area contributed by atoms with Crippen molar-refractivity contribution in [2.24, 2.45) is 0 Å². The lowest BCUT2D eigenvalue weighted by Gasteiger charge is -2.23. The monoisotopic (exact) mass is 267 g/mol. The number of fused-ring (bicyclic) bond motifs is 1. The molecule has 20 heavy (non-hydrogen) atoms. The lowest BCUT2D eigenvalue weighted by Crippen LogP contribution is -2.24. The minimum absolute atomic E-state index is 0.404. The summed E-state index contributed by atoms with van der Waals surface area (Å²) in [4.78, 5) is 7.02. The molecule has 0 radical (unpaired) electrons. The summed E-state index contributed by atoms with van der Waals surface area (Å²) < 4.78 is 0. The van der Waals surface area contributed by atoms with E-state index in [4.69, 9.17) is 10.2 Å². The van der Waals surface area contributed by atoms with Crippen LogP contribution >= 0.6 is 0 Å². The first-order valence-corrected chi connectivity index (χ1v) is 7.13. The Bertz CT molecular complexity index is 664. The molecular weight excluding hydrogens is 246 g/mol. The number of rotatable bonds is 4. The Morgan fingerprint density at radius 1 is 1.10 bits per heavy atom. The molecule has 2 rings (SSSR count). The molecule has 0 atom stereocenters. The van der Waals surface area contributed by atoms with Gasteiger partial charge in [0.05, 0.1) is 18.0 Å². The molecule has 0 fully saturated rings. The molecule has 1 heterocycles. The van der Waals surface area contributed by atoms with Crippen molar-refractivity contribution in [1.82, 2.24) is 4.98 Å². The van der Waals surface area contributed by atoms with E-state index < -0.39 is 0 Å². The lowest BCUT2D eigenvalue weighted by molar-refractivity contribution is 0.841. The van der Waals surface area contributed by atoms with Gasteiger partial charge in [-0.15, -0.1) is 0 Å². The summed E-state index contributed by atoms with van der Waals surface area (Å²) in [6, 6.07) is 8.66. The van der Waals surface area contributed by atoms with Crippen LogP contribution in [-0.4, -0.2) is 18.1 Å². The Labute approximate surface area is 120 Å². The average molecular weight is 267 g/mol. The van der Waals surface area contributed by atoms with E-state index in [0.29, 0.717) is 6.42 Å². The van der Waals surface area contributed by atoms with Crippen molar-refractivity contribution in [1.29, 1.82) is 5.26 Å². The number of hydrogen-bond acceptors (Lipinski definition) is 3. The summed E-state index contributed by atoms with van der Waals surface area (Å²) in [6.07, 6.45) is 0.404. The van der Waals surface area contributed by atoms with Crippen molar-refractivity contribution >= 4 is 16.7 Å². The second-order valence-corrected chi connectivity index (χ2v) is 5.11. The fourth-order valence-electron chi connectivity index (χ4n) is 2.49. The molecule has 2 aromatic rings. The van der Waals surface area contributed by atoms with Gasteiger partial charge < -0.3 is 4.90 Å². The molecule has 0 bridgehead atoms. The number of nitrogens with zero attached hydrogens (tertiary/aromatic N) is 3. The SMILES string of the molecule is CCN(CC)c1nc2cc(C)c(C)cc2cc1CC#N. The van der Waals surface area contributed by atoms with Gasteiger partial charge in [-0.3, -0.25) is 0 Å². The summed E-state index contributed by atoms with van der Waals surface area (Å²) in [5, 5.41) is 10.2. The standard InChI is InChI=1S/C17H21N3/c1-5-20(6-2)17-14(7-8-18)11-15-9-12(3)13(4)10-16(15)19-17/h9-11H,5-7H2,1-4H3. The molecule has 0 spiro atoms. The maximum Gasteiger partial charge on any atom is 0.133 e. The van der Waals surface area contributed by atoms with E-state index >= 15 is 0 Å². The predicted octanol–water partition coefficient (Wildman–Crippen LogP) is 3.76. The molecule has 0 N–H and O–H groups in total. The van der Waals surface area contributed by atoms with E-state index in [9.17, 15) is 0 Å². The third kappa shape index (κ3) is 2.60. The molecule has 0 aliphatic carbocycles. The van der Waals surface area contributed by atoms with E-state index in [0.717, 1.165) is 35.4 Å². The van der Waals surface area contributed by atoms with E-state index in [1.54, 1.807) is 0 Å². The minimum atomic E-state index is 0.404. The zero-order chi connectivity index (χ0) is 14.7. The van der Waals surface area contributed by atoms with Gasteiger partial charge in [0.15, 0.2) is 0 Å². The van der Waals surface area contributed by atoms with Gasteiger partial charge in [0.2, 0.25) is 0 Å². The number of aryl methyl sites for hydroxylation is 2. The zero-order valence-corrected chi connectivity index (χ0v) is 12.7. The molecule has 1 aromatic heterocycles. The fraction of sp³-hybridized carbons (Fsp3) is 0.412. The van der Waals surface area contributed by atoms with Crippen molar-refractivity contribution < 1.29 is 0 Å². The van der Waals surface area contributed by atoms with Crippen LogP contribution in [0.2, 0.25) is 0 Å². The molecule has 0 aliphatic rings. The second kappa shape index (κ2) is 5.92. The average Bonchev–Trinajstić information content (AvgIpc) is 2.43. The highest BCUT2D eigenvalue weighted by atomic mass is 15.2. The third-order valence-electron chi connectivity index (χ3n) is 3.82. The normalized spacial score (nSPS) is 10.6.